The van der Waals surface area contributed by atoms with E-state index in [2.05, 4.69) is 20.9 Å². The van der Waals surface area contributed by atoms with E-state index in [1.807, 2.05) is 0 Å². The Labute approximate surface area is 118 Å². The van der Waals surface area contributed by atoms with Gasteiger partial charge in [0.2, 0.25) is 0 Å². The van der Waals surface area contributed by atoms with Crippen LogP contribution in [0.15, 0.2) is 33.7 Å². The van der Waals surface area contributed by atoms with Crippen molar-refractivity contribution < 1.29 is 17.9 Å². The van der Waals surface area contributed by atoms with Crippen molar-refractivity contribution in [2.45, 2.75) is 25.9 Å². The summed E-state index contributed by atoms with van der Waals surface area (Å²) in [7, 11) is 0. The Bertz CT molecular complexity index is 421. The first-order valence-electron chi connectivity index (χ1n) is 5.86. The molecule has 1 aliphatic heterocycles. The van der Waals surface area contributed by atoms with Crippen molar-refractivity contribution in [1.29, 1.82) is 0 Å². The quantitative estimate of drug-likeness (QED) is 0.668. The molecular formula is C13H15BrF3NO. The average Bonchev–Trinajstić information content (AvgIpc) is 2.89. The molecule has 1 aromatic carbocycles. The summed E-state index contributed by atoms with van der Waals surface area (Å²) in [5.41, 5.74) is -0.577. The second kappa shape index (κ2) is 7.65. The lowest BCUT2D eigenvalue weighted by Gasteiger charge is -2.05. The highest BCUT2D eigenvalue weighted by molar-refractivity contribution is 9.10. The van der Waals surface area contributed by atoms with E-state index < -0.39 is 11.9 Å². The minimum atomic E-state index is -4.37. The molecule has 1 aliphatic rings. The van der Waals surface area contributed by atoms with E-state index in [4.69, 9.17) is 4.74 Å². The van der Waals surface area contributed by atoms with Crippen LogP contribution in [0.25, 0.3) is 0 Å². The number of hydrogen-bond acceptors (Lipinski definition) is 2. The lowest BCUT2D eigenvalue weighted by atomic mass is 10.3. The van der Waals surface area contributed by atoms with Gasteiger partial charge in [-0.15, -0.1) is 0 Å². The smallest absolute Gasteiger partial charge is 0.381 e. The molecule has 0 atom stereocenters. The van der Waals surface area contributed by atoms with Gasteiger partial charge in [-0.1, -0.05) is 12.1 Å². The second-order valence-electron chi connectivity index (χ2n) is 3.97. The summed E-state index contributed by atoms with van der Waals surface area (Å²) in [6.07, 6.45) is -1.81. The number of ether oxygens (including phenoxy) is 1. The van der Waals surface area contributed by atoms with Crippen LogP contribution in [-0.2, 0) is 4.74 Å². The van der Waals surface area contributed by atoms with E-state index in [1.165, 1.54) is 18.9 Å². The van der Waals surface area contributed by atoms with Crippen LogP contribution in [0.1, 0.15) is 19.8 Å². The Morgan fingerprint density at radius 3 is 2.21 bits per heavy atom. The number of hydrogen-bond donors (Lipinski definition) is 0. The zero-order valence-corrected chi connectivity index (χ0v) is 12.1. The Morgan fingerprint density at radius 1 is 1.21 bits per heavy atom. The van der Waals surface area contributed by atoms with Crippen LogP contribution in [0.4, 0.5) is 18.9 Å². The lowest BCUT2D eigenvalue weighted by molar-refractivity contribution is -0.0591. The first-order valence-corrected chi connectivity index (χ1v) is 6.65. The molecule has 0 N–H and O–H groups in total. The third-order valence-electron chi connectivity index (χ3n) is 2.38. The lowest BCUT2D eigenvalue weighted by Crippen LogP contribution is -2.18. The molecule has 1 fully saturated rings. The fourth-order valence-corrected chi connectivity index (χ4v) is 1.67. The Morgan fingerprint density at radius 2 is 1.79 bits per heavy atom. The van der Waals surface area contributed by atoms with E-state index in [9.17, 15) is 13.2 Å². The van der Waals surface area contributed by atoms with Crippen LogP contribution in [0, 0.1) is 0 Å². The summed E-state index contributed by atoms with van der Waals surface area (Å²) in [4.78, 5) is 3.47. The average molecular weight is 338 g/mol. The minimum Gasteiger partial charge on any atom is -0.381 e. The third-order valence-corrected chi connectivity index (χ3v) is 3.05. The summed E-state index contributed by atoms with van der Waals surface area (Å²) < 4.78 is 41.9. The van der Waals surface area contributed by atoms with Gasteiger partial charge in [-0.25, -0.2) is 4.99 Å². The third kappa shape index (κ3) is 6.20. The normalized spacial score (nSPS) is 15.9. The predicted octanol–water partition coefficient (Wildman–Crippen LogP) is 4.90. The van der Waals surface area contributed by atoms with Crippen molar-refractivity contribution in [3.05, 3.63) is 28.7 Å². The second-order valence-corrected chi connectivity index (χ2v) is 4.82. The van der Waals surface area contributed by atoms with Crippen LogP contribution >= 0.6 is 15.9 Å². The first-order chi connectivity index (χ1) is 8.91. The zero-order chi connectivity index (χ0) is 14.3. The maximum Gasteiger partial charge on any atom is 0.429 e. The van der Waals surface area contributed by atoms with Crippen molar-refractivity contribution in [2.75, 3.05) is 13.2 Å². The van der Waals surface area contributed by atoms with Gasteiger partial charge in [0.25, 0.3) is 0 Å². The molecule has 0 amide bonds. The molecule has 2 nitrogen and oxygen atoms in total. The molecule has 1 heterocycles. The summed E-state index contributed by atoms with van der Waals surface area (Å²) in [6.45, 7) is 2.94. The van der Waals surface area contributed by atoms with Crippen LogP contribution < -0.4 is 0 Å². The van der Waals surface area contributed by atoms with Crippen molar-refractivity contribution in [2.24, 2.45) is 4.99 Å². The van der Waals surface area contributed by atoms with Gasteiger partial charge in [-0.2, -0.15) is 13.2 Å². The molecule has 1 aromatic rings. The van der Waals surface area contributed by atoms with E-state index in [0.717, 1.165) is 20.1 Å². The van der Waals surface area contributed by atoms with E-state index in [0.29, 0.717) is 4.47 Å². The summed E-state index contributed by atoms with van der Waals surface area (Å²) >= 11 is 3.12. The Kier molecular flexibility index (Phi) is 6.51. The highest BCUT2D eigenvalue weighted by Gasteiger charge is 2.31. The topological polar surface area (TPSA) is 21.6 Å². The van der Waals surface area contributed by atoms with Crippen LogP contribution in [0.2, 0.25) is 0 Å². The molecule has 1 saturated heterocycles. The number of para-hydroxylation sites is 1. The van der Waals surface area contributed by atoms with Crippen molar-refractivity contribution in [3.8, 4) is 0 Å². The van der Waals surface area contributed by atoms with Crippen molar-refractivity contribution in [1.82, 2.24) is 0 Å². The fraction of sp³-hybridized carbons (Fsp3) is 0.462. The summed E-state index contributed by atoms with van der Waals surface area (Å²) in [5.74, 6) is 0. The monoisotopic (exact) mass is 337 g/mol. The fourth-order valence-electron chi connectivity index (χ4n) is 1.30. The highest BCUT2D eigenvalue weighted by Crippen LogP contribution is 2.27. The first kappa shape index (κ1) is 16.2. The van der Waals surface area contributed by atoms with E-state index in [1.54, 1.807) is 18.2 Å². The zero-order valence-electron chi connectivity index (χ0n) is 10.5. The highest BCUT2D eigenvalue weighted by atomic mass is 79.9. The van der Waals surface area contributed by atoms with E-state index >= 15 is 0 Å². The molecule has 0 bridgehead atoms. The number of rotatable bonds is 1. The Balaban J connectivity index is 0.000000300. The van der Waals surface area contributed by atoms with Gasteiger partial charge in [-0.05, 0) is 47.8 Å². The number of alkyl halides is 3. The number of aliphatic imine (C=N–C) groups is 1. The van der Waals surface area contributed by atoms with Crippen LogP contribution in [0.3, 0.4) is 0 Å². The predicted molar refractivity (Wildman–Crippen MR) is 73.0 cm³/mol. The van der Waals surface area contributed by atoms with Gasteiger partial charge in [0.15, 0.2) is 0 Å². The molecule has 0 radical (unpaired) electrons. The van der Waals surface area contributed by atoms with Gasteiger partial charge in [0, 0.05) is 17.7 Å². The molecule has 19 heavy (non-hydrogen) atoms. The molecule has 6 heteroatoms. The molecule has 0 aliphatic carbocycles. The standard InChI is InChI=1S/C9H7BrF3N.C4H8O/c1-6(9(11,12)13)14-8-5-3-2-4-7(8)10;1-2-4-5-3-1/h2-5H,1H3;1-4H2. The SMILES string of the molecule is C1CCOC1.CC(=Nc1ccccc1Br)C(F)(F)F. The van der Waals surface area contributed by atoms with Gasteiger partial charge in [-0.3, -0.25) is 0 Å². The minimum absolute atomic E-state index is 0.280. The van der Waals surface area contributed by atoms with Crippen LogP contribution in [-0.4, -0.2) is 25.1 Å². The summed E-state index contributed by atoms with van der Waals surface area (Å²) in [5, 5.41) is 0. The largest absolute Gasteiger partial charge is 0.429 e. The van der Waals surface area contributed by atoms with Gasteiger partial charge in [0.1, 0.15) is 5.71 Å². The van der Waals surface area contributed by atoms with Crippen molar-refractivity contribution in [3.63, 3.8) is 0 Å². The van der Waals surface area contributed by atoms with Gasteiger partial charge < -0.3 is 4.74 Å². The molecule has 0 spiro atoms. The molecular weight excluding hydrogens is 323 g/mol. The van der Waals surface area contributed by atoms with E-state index in [-0.39, 0.29) is 5.69 Å². The number of halogens is 4. The molecule has 0 unspecified atom stereocenters. The molecule has 2 rings (SSSR count). The molecule has 106 valence electrons. The molecule has 0 aromatic heterocycles. The van der Waals surface area contributed by atoms with Crippen molar-refractivity contribution >= 4 is 27.3 Å². The number of nitrogens with zero attached hydrogens (tertiary/aromatic N) is 1. The number of benzene rings is 1. The maximum atomic E-state index is 12.1. The summed E-state index contributed by atoms with van der Waals surface area (Å²) in [6, 6.07) is 6.50. The molecule has 0 saturated carbocycles. The van der Waals surface area contributed by atoms with Gasteiger partial charge in [0.05, 0.1) is 5.69 Å². The van der Waals surface area contributed by atoms with Gasteiger partial charge >= 0.3 is 6.18 Å². The Hall–Kier alpha value is -0.880. The van der Waals surface area contributed by atoms with Crippen LogP contribution in [0.5, 0.6) is 0 Å². The maximum absolute atomic E-state index is 12.1.